The van der Waals surface area contributed by atoms with E-state index in [2.05, 4.69) is 0 Å². The molecule has 0 N–H and O–H groups in total. The lowest BCUT2D eigenvalue weighted by Crippen LogP contribution is -2.29. The molecule has 0 spiro atoms. The van der Waals surface area contributed by atoms with Crippen LogP contribution in [0.3, 0.4) is 0 Å². The average Bonchev–Trinajstić information content (AvgIpc) is 2.15. The number of hydrogen-bond acceptors (Lipinski definition) is 3. The SMILES string of the molecule is CCOC(C=O)C1CCCSC1. The van der Waals surface area contributed by atoms with Crippen LogP contribution in [0.1, 0.15) is 19.8 Å². The van der Waals surface area contributed by atoms with Crippen molar-refractivity contribution in [2.24, 2.45) is 5.92 Å². The first-order valence-corrected chi connectivity index (χ1v) is 5.68. The molecule has 0 amide bonds. The molecule has 0 aromatic heterocycles. The molecule has 0 bridgehead atoms. The quantitative estimate of drug-likeness (QED) is 0.629. The van der Waals surface area contributed by atoms with E-state index < -0.39 is 0 Å². The van der Waals surface area contributed by atoms with Crippen LogP contribution in [0.5, 0.6) is 0 Å². The van der Waals surface area contributed by atoms with Crippen molar-refractivity contribution >= 4 is 18.0 Å². The molecule has 1 aliphatic heterocycles. The summed E-state index contributed by atoms with van der Waals surface area (Å²) in [4.78, 5) is 10.7. The maximum atomic E-state index is 10.7. The Labute approximate surface area is 78.1 Å². The standard InChI is InChI=1S/C9H16O2S/c1-2-11-9(6-10)8-4-3-5-12-7-8/h6,8-9H,2-5,7H2,1H3. The van der Waals surface area contributed by atoms with E-state index >= 15 is 0 Å². The van der Waals surface area contributed by atoms with Gasteiger partial charge in [0.25, 0.3) is 0 Å². The number of ether oxygens (including phenoxy) is 1. The van der Waals surface area contributed by atoms with Gasteiger partial charge in [-0.25, -0.2) is 0 Å². The number of thioether (sulfide) groups is 1. The van der Waals surface area contributed by atoms with Gasteiger partial charge in [-0.2, -0.15) is 11.8 Å². The Morgan fingerprint density at radius 1 is 1.75 bits per heavy atom. The molecular formula is C9H16O2S. The lowest BCUT2D eigenvalue weighted by molar-refractivity contribution is -0.120. The molecule has 0 radical (unpaired) electrons. The minimum absolute atomic E-state index is 0.150. The van der Waals surface area contributed by atoms with Gasteiger partial charge in [0.15, 0.2) is 0 Å². The van der Waals surface area contributed by atoms with Crippen molar-refractivity contribution in [2.45, 2.75) is 25.9 Å². The molecule has 1 rings (SSSR count). The fourth-order valence-electron chi connectivity index (χ4n) is 1.50. The lowest BCUT2D eigenvalue weighted by Gasteiger charge is -2.25. The highest BCUT2D eigenvalue weighted by molar-refractivity contribution is 7.99. The van der Waals surface area contributed by atoms with E-state index in [-0.39, 0.29) is 6.10 Å². The number of hydrogen-bond donors (Lipinski definition) is 0. The number of carbonyl (C=O) groups is 1. The van der Waals surface area contributed by atoms with E-state index in [1.54, 1.807) is 0 Å². The maximum Gasteiger partial charge on any atom is 0.149 e. The third-order valence-electron chi connectivity index (χ3n) is 2.15. The zero-order valence-corrected chi connectivity index (χ0v) is 8.31. The van der Waals surface area contributed by atoms with E-state index in [9.17, 15) is 4.79 Å². The largest absolute Gasteiger partial charge is 0.371 e. The van der Waals surface area contributed by atoms with E-state index in [1.807, 2.05) is 18.7 Å². The predicted molar refractivity (Wildman–Crippen MR) is 51.5 cm³/mol. The fraction of sp³-hybridized carbons (Fsp3) is 0.889. The first kappa shape index (κ1) is 10.1. The number of rotatable bonds is 4. The zero-order valence-electron chi connectivity index (χ0n) is 7.49. The molecule has 0 aromatic carbocycles. The Bertz CT molecular complexity index is 132. The van der Waals surface area contributed by atoms with Crippen LogP contribution in [0.2, 0.25) is 0 Å². The van der Waals surface area contributed by atoms with Crippen molar-refractivity contribution < 1.29 is 9.53 Å². The summed E-state index contributed by atoms with van der Waals surface area (Å²) in [6.45, 7) is 2.58. The molecule has 0 aromatic rings. The van der Waals surface area contributed by atoms with Crippen LogP contribution in [0.15, 0.2) is 0 Å². The summed E-state index contributed by atoms with van der Waals surface area (Å²) in [5.74, 6) is 2.79. The highest BCUT2D eigenvalue weighted by atomic mass is 32.2. The van der Waals surface area contributed by atoms with Gasteiger partial charge in [0, 0.05) is 12.5 Å². The Balaban J connectivity index is 2.34. The van der Waals surface area contributed by atoms with Gasteiger partial charge in [0.2, 0.25) is 0 Å². The first-order valence-electron chi connectivity index (χ1n) is 4.53. The topological polar surface area (TPSA) is 26.3 Å². The monoisotopic (exact) mass is 188 g/mol. The summed E-state index contributed by atoms with van der Waals surface area (Å²) >= 11 is 1.93. The zero-order chi connectivity index (χ0) is 8.81. The van der Waals surface area contributed by atoms with E-state index in [0.717, 1.165) is 18.5 Å². The second-order valence-electron chi connectivity index (χ2n) is 3.03. The van der Waals surface area contributed by atoms with Crippen LogP contribution in [-0.2, 0) is 9.53 Å². The van der Waals surface area contributed by atoms with Crippen LogP contribution >= 0.6 is 11.8 Å². The number of carbonyl (C=O) groups excluding carboxylic acids is 1. The Morgan fingerprint density at radius 2 is 2.58 bits per heavy atom. The predicted octanol–water partition coefficient (Wildman–Crippen LogP) is 1.73. The maximum absolute atomic E-state index is 10.7. The molecule has 0 saturated carbocycles. The summed E-state index contributed by atoms with van der Waals surface area (Å²) in [6.07, 6.45) is 3.19. The number of aldehydes is 1. The van der Waals surface area contributed by atoms with Gasteiger partial charge in [-0.15, -0.1) is 0 Å². The molecule has 2 unspecified atom stereocenters. The summed E-state index contributed by atoms with van der Waals surface area (Å²) in [5.41, 5.74) is 0. The van der Waals surface area contributed by atoms with Crippen LogP contribution in [-0.4, -0.2) is 30.5 Å². The average molecular weight is 188 g/mol. The lowest BCUT2D eigenvalue weighted by atomic mass is 9.99. The Morgan fingerprint density at radius 3 is 3.08 bits per heavy atom. The van der Waals surface area contributed by atoms with Crippen LogP contribution in [0.25, 0.3) is 0 Å². The van der Waals surface area contributed by atoms with E-state index in [0.29, 0.717) is 12.5 Å². The molecule has 70 valence electrons. The first-order chi connectivity index (χ1) is 5.88. The molecule has 3 heteroatoms. The molecule has 2 atom stereocenters. The van der Waals surface area contributed by atoms with Crippen molar-refractivity contribution in [3.63, 3.8) is 0 Å². The Hall–Kier alpha value is -0.0200. The second-order valence-corrected chi connectivity index (χ2v) is 4.18. The highest BCUT2D eigenvalue weighted by Crippen LogP contribution is 2.25. The molecular weight excluding hydrogens is 172 g/mol. The van der Waals surface area contributed by atoms with Gasteiger partial charge in [-0.1, -0.05) is 0 Å². The van der Waals surface area contributed by atoms with Crippen molar-refractivity contribution in [2.75, 3.05) is 18.1 Å². The summed E-state index contributed by atoms with van der Waals surface area (Å²) in [6, 6.07) is 0. The van der Waals surface area contributed by atoms with Crippen LogP contribution in [0, 0.1) is 5.92 Å². The highest BCUT2D eigenvalue weighted by Gasteiger charge is 2.23. The normalized spacial score (nSPS) is 26.6. The Kier molecular flexibility index (Phi) is 4.69. The van der Waals surface area contributed by atoms with Gasteiger partial charge < -0.3 is 9.53 Å². The molecule has 1 saturated heterocycles. The fourth-order valence-corrected chi connectivity index (χ4v) is 2.70. The van der Waals surface area contributed by atoms with Crippen molar-refractivity contribution in [3.8, 4) is 0 Å². The molecule has 12 heavy (non-hydrogen) atoms. The molecule has 2 nitrogen and oxygen atoms in total. The minimum atomic E-state index is -0.150. The summed E-state index contributed by atoms with van der Waals surface area (Å²) in [7, 11) is 0. The summed E-state index contributed by atoms with van der Waals surface area (Å²) in [5, 5.41) is 0. The smallest absolute Gasteiger partial charge is 0.149 e. The van der Waals surface area contributed by atoms with E-state index in [4.69, 9.17) is 4.74 Å². The third-order valence-corrected chi connectivity index (χ3v) is 3.39. The summed E-state index contributed by atoms with van der Waals surface area (Å²) < 4.78 is 5.35. The van der Waals surface area contributed by atoms with Crippen molar-refractivity contribution in [3.05, 3.63) is 0 Å². The van der Waals surface area contributed by atoms with Gasteiger partial charge in [0.05, 0.1) is 0 Å². The third kappa shape index (κ3) is 2.79. The minimum Gasteiger partial charge on any atom is -0.371 e. The molecule has 0 aliphatic carbocycles. The second kappa shape index (κ2) is 5.60. The van der Waals surface area contributed by atoms with Crippen LogP contribution < -0.4 is 0 Å². The molecule has 1 heterocycles. The van der Waals surface area contributed by atoms with Crippen LogP contribution in [0.4, 0.5) is 0 Å². The molecule has 1 aliphatic rings. The van der Waals surface area contributed by atoms with E-state index in [1.165, 1.54) is 12.2 Å². The van der Waals surface area contributed by atoms with Crippen molar-refractivity contribution in [1.82, 2.24) is 0 Å². The van der Waals surface area contributed by atoms with Gasteiger partial charge in [-0.3, -0.25) is 0 Å². The van der Waals surface area contributed by atoms with Gasteiger partial charge in [0.1, 0.15) is 12.4 Å². The van der Waals surface area contributed by atoms with Gasteiger partial charge >= 0.3 is 0 Å². The van der Waals surface area contributed by atoms with Crippen molar-refractivity contribution in [1.29, 1.82) is 0 Å². The van der Waals surface area contributed by atoms with Gasteiger partial charge in [-0.05, 0) is 31.3 Å². The molecule has 1 fully saturated rings.